The van der Waals surface area contributed by atoms with Crippen LogP contribution in [0.15, 0.2) is 30.3 Å². The molecular weight excluding hydrogens is 332 g/mol. The first-order valence-corrected chi connectivity index (χ1v) is 9.53. The molecule has 2 N–H and O–H groups in total. The first-order valence-electron chi connectivity index (χ1n) is 9.53. The molecule has 0 unspecified atom stereocenters. The van der Waals surface area contributed by atoms with Gasteiger partial charge in [-0.2, -0.15) is 0 Å². The Morgan fingerprint density at radius 2 is 1.50 bits per heavy atom. The second kappa shape index (κ2) is 10.9. The van der Waals surface area contributed by atoms with Crippen molar-refractivity contribution in [2.75, 3.05) is 32.7 Å². The van der Waals surface area contributed by atoms with Crippen molar-refractivity contribution in [2.45, 2.75) is 44.6 Å². The third-order valence-corrected chi connectivity index (χ3v) is 5.21. The van der Waals surface area contributed by atoms with Crippen molar-refractivity contribution in [3.8, 4) is 0 Å². The van der Waals surface area contributed by atoms with Crippen LogP contribution in [0.3, 0.4) is 0 Å². The topological polar surface area (TPSA) is 81.1 Å². The highest BCUT2D eigenvalue weighted by Crippen LogP contribution is 2.24. The van der Waals surface area contributed by atoms with Gasteiger partial charge >= 0.3 is 11.9 Å². The Bertz CT molecular complexity index is 538. The molecule has 0 radical (unpaired) electrons. The minimum absolute atomic E-state index is 0.918. The molecule has 1 saturated heterocycles. The van der Waals surface area contributed by atoms with Crippen molar-refractivity contribution in [3.63, 3.8) is 0 Å². The van der Waals surface area contributed by atoms with E-state index in [0.29, 0.717) is 0 Å². The van der Waals surface area contributed by atoms with E-state index in [1.807, 2.05) is 0 Å². The van der Waals surface area contributed by atoms with Gasteiger partial charge in [0.15, 0.2) is 0 Å². The van der Waals surface area contributed by atoms with E-state index in [0.717, 1.165) is 6.04 Å². The van der Waals surface area contributed by atoms with Gasteiger partial charge in [0, 0.05) is 32.2 Å². The molecule has 0 amide bonds. The summed E-state index contributed by atoms with van der Waals surface area (Å²) < 4.78 is 0. The lowest BCUT2D eigenvalue weighted by Crippen LogP contribution is -2.49. The van der Waals surface area contributed by atoms with E-state index in [1.54, 1.807) is 0 Å². The zero-order valence-electron chi connectivity index (χ0n) is 15.3. The van der Waals surface area contributed by atoms with Crippen molar-refractivity contribution in [1.29, 1.82) is 0 Å². The van der Waals surface area contributed by atoms with Gasteiger partial charge in [-0.25, -0.2) is 9.59 Å². The van der Waals surface area contributed by atoms with Crippen molar-refractivity contribution in [2.24, 2.45) is 0 Å². The SMILES string of the molecule is O=C(O)C(=O)O.c1ccc(CCCN2CCN(C3CCCC3)CC2)cc1. The van der Waals surface area contributed by atoms with Crippen molar-refractivity contribution in [3.05, 3.63) is 35.9 Å². The molecule has 0 atom stereocenters. The summed E-state index contributed by atoms with van der Waals surface area (Å²) in [5, 5.41) is 14.8. The molecule has 0 bridgehead atoms. The zero-order chi connectivity index (χ0) is 18.8. The van der Waals surface area contributed by atoms with Gasteiger partial charge in [-0.05, 0) is 37.8 Å². The maximum atomic E-state index is 9.10. The summed E-state index contributed by atoms with van der Waals surface area (Å²) in [6.07, 6.45) is 8.35. The van der Waals surface area contributed by atoms with Crippen molar-refractivity contribution in [1.82, 2.24) is 9.80 Å². The van der Waals surface area contributed by atoms with Crippen LogP contribution in [0.25, 0.3) is 0 Å². The summed E-state index contributed by atoms with van der Waals surface area (Å²) in [5.41, 5.74) is 1.48. The third kappa shape index (κ3) is 7.14. The molecule has 144 valence electrons. The highest BCUT2D eigenvalue weighted by molar-refractivity contribution is 6.27. The number of aryl methyl sites for hydroxylation is 1. The summed E-state index contributed by atoms with van der Waals surface area (Å²) in [7, 11) is 0. The molecule has 0 spiro atoms. The van der Waals surface area contributed by atoms with Gasteiger partial charge in [0.1, 0.15) is 0 Å². The van der Waals surface area contributed by atoms with Crippen LogP contribution in [0, 0.1) is 0 Å². The fourth-order valence-electron chi connectivity index (χ4n) is 3.77. The van der Waals surface area contributed by atoms with Gasteiger partial charge in [0.05, 0.1) is 0 Å². The molecule has 6 heteroatoms. The first-order chi connectivity index (χ1) is 12.6. The summed E-state index contributed by atoms with van der Waals surface area (Å²) in [6.45, 7) is 6.44. The average molecular weight is 362 g/mol. The number of piperazine rings is 1. The smallest absolute Gasteiger partial charge is 0.414 e. The highest BCUT2D eigenvalue weighted by Gasteiger charge is 2.25. The van der Waals surface area contributed by atoms with E-state index in [-0.39, 0.29) is 0 Å². The molecule has 1 aromatic rings. The first kappa shape index (κ1) is 20.4. The Balaban J connectivity index is 0.000000352. The number of hydrogen-bond acceptors (Lipinski definition) is 4. The molecule has 3 rings (SSSR count). The van der Waals surface area contributed by atoms with Crippen LogP contribution < -0.4 is 0 Å². The van der Waals surface area contributed by atoms with Gasteiger partial charge in [0.25, 0.3) is 0 Å². The summed E-state index contributed by atoms with van der Waals surface area (Å²) in [4.78, 5) is 23.6. The van der Waals surface area contributed by atoms with Crippen LogP contribution in [0.2, 0.25) is 0 Å². The number of carboxylic acids is 2. The largest absolute Gasteiger partial charge is 0.473 e. The Kier molecular flexibility index (Phi) is 8.58. The minimum atomic E-state index is -1.82. The van der Waals surface area contributed by atoms with Crippen LogP contribution in [0.4, 0.5) is 0 Å². The molecule has 1 saturated carbocycles. The fourth-order valence-corrected chi connectivity index (χ4v) is 3.77. The molecule has 1 aliphatic heterocycles. The van der Waals surface area contributed by atoms with E-state index in [1.165, 1.54) is 76.8 Å². The fraction of sp³-hybridized carbons (Fsp3) is 0.600. The van der Waals surface area contributed by atoms with E-state index in [2.05, 4.69) is 40.1 Å². The van der Waals surface area contributed by atoms with Crippen molar-refractivity contribution >= 4 is 11.9 Å². The van der Waals surface area contributed by atoms with Gasteiger partial charge in [0.2, 0.25) is 0 Å². The monoisotopic (exact) mass is 362 g/mol. The minimum Gasteiger partial charge on any atom is -0.473 e. The number of carboxylic acid groups (broad SMARTS) is 2. The van der Waals surface area contributed by atoms with Crippen LogP contribution in [-0.4, -0.2) is 70.7 Å². The lowest BCUT2D eigenvalue weighted by Gasteiger charge is -2.38. The maximum Gasteiger partial charge on any atom is 0.414 e. The number of hydrogen-bond donors (Lipinski definition) is 2. The average Bonchev–Trinajstić information content (AvgIpc) is 3.18. The normalized spacial score (nSPS) is 18.9. The Labute approximate surface area is 155 Å². The lowest BCUT2D eigenvalue weighted by atomic mass is 10.1. The predicted octanol–water partition coefficient (Wildman–Crippen LogP) is 2.33. The van der Waals surface area contributed by atoms with Crippen LogP contribution in [0.5, 0.6) is 0 Å². The number of nitrogens with zero attached hydrogens (tertiary/aromatic N) is 2. The number of benzene rings is 1. The summed E-state index contributed by atoms with van der Waals surface area (Å²) >= 11 is 0. The molecule has 2 fully saturated rings. The standard InChI is InChI=1S/C18H28N2.C2H2O4/c1-2-7-17(8-3-1)9-6-12-19-13-15-20(16-14-19)18-10-4-5-11-18;3-1(4)2(5)6/h1-3,7-8,18H,4-6,9-16H2;(H,3,4)(H,5,6). The van der Waals surface area contributed by atoms with Crippen LogP contribution in [-0.2, 0) is 16.0 Å². The molecule has 2 aliphatic rings. The lowest BCUT2D eigenvalue weighted by molar-refractivity contribution is -0.159. The van der Waals surface area contributed by atoms with Gasteiger partial charge in [-0.3, -0.25) is 4.90 Å². The van der Waals surface area contributed by atoms with E-state index in [4.69, 9.17) is 19.8 Å². The highest BCUT2D eigenvalue weighted by atomic mass is 16.4. The van der Waals surface area contributed by atoms with E-state index >= 15 is 0 Å². The molecule has 1 aliphatic carbocycles. The molecule has 1 aromatic carbocycles. The predicted molar refractivity (Wildman–Crippen MR) is 100 cm³/mol. The van der Waals surface area contributed by atoms with Gasteiger partial charge < -0.3 is 15.1 Å². The van der Waals surface area contributed by atoms with E-state index in [9.17, 15) is 0 Å². The molecule has 26 heavy (non-hydrogen) atoms. The molecule has 1 heterocycles. The number of carbonyl (C=O) groups is 2. The quantitative estimate of drug-likeness (QED) is 0.783. The number of rotatable bonds is 5. The Morgan fingerprint density at radius 1 is 0.923 bits per heavy atom. The van der Waals surface area contributed by atoms with Crippen molar-refractivity contribution < 1.29 is 19.8 Å². The van der Waals surface area contributed by atoms with Crippen LogP contribution >= 0.6 is 0 Å². The zero-order valence-corrected chi connectivity index (χ0v) is 15.3. The molecule has 0 aromatic heterocycles. The van der Waals surface area contributed by atoms with Gasteiger partial charge in [-0.1, -0.05) is 43.2 Å². The molecule has 6 nitrogen and oxygen atoms in total. The second-order valence-electron chi connectivity index (χ2n) is 7.02. The second-order valence-corrected chi connectivity index (χ2v) is 7.02. The van der Waals surface area contributed by atoms with E-state index < -0.39 is 11.9 Å². The summed E-state index contributed by atoms with van der Waals surface area (Å²) in [6, 6.07) is 11.8. The Morgan fingerprint density at radius 3 is 2.04 bits per heavy atom. The third-order valence-electron chi connectivity index (χ3n) is 5.21. The molecular formula is C20H30N2O4. The van der Waals surface area contributed by atoms with Crippen LogP contribution in [0.1, 0.15) is 37.7 Å². The maximum absolute atomic E-state index is 9.10. The van der Waals surface area contributed by atoms with Gasteiger partial charge in [-0.15, -0.1) is 0 Å². The summed E-state index contributed by atoms with van der Waals surface area (Å²) in [5.74, 6) is -3.65. The number of aliphatic carboxylic acids is 2. The Hall–Kier alpha value is -1.92.